The molecule has 6 heterocycles. The quantitative estimate of drug-likeness (QED) is 0.108. The van der Waals surface area contributed by atoms with Crippen molar-refractivity contribution in [3.05, 3.63) is 106 Å². The second-order valence-electron chi connectivity index (χ2n) is 15.2. The Morgan fingerprint density at radius 1 is 0.821 bits per heavy atom. The van der Waals surface area contributed by atoms with Crippen LogP contribution < -0.4 is 51.4 Å². The molecular weight excluding hydrogens is 941 g/mol. The number of aromatic nitrogens is 11. The third kappa shape index (κ3) is 14.2. The van der Waals surface area contributed by atoms with E-state index in [-0.39, 0.29) is 106 Å². The number of carboxylic acids is 1. The smallest absolute Gasteiger partial charge is 0.870 e. The Balaban J connectivity index is 0.000000272. The predicted octanol–water partition coefficient (Wildman–Crippen LogP) is 3.40. The Kier molecular flexibility index (Phi) is 20.7. The van der Waals surface area contributed by atoms with E-state index >= 15 is 0 Å². The molecule has 67 heavy (non-hydrogen) atoms. The van der Waals surface area contributed by atoms with Crippen LogP contribution in [0.2, 0.25) is 10.0 Å². The number of carbonyl (C=O) groups is 4. The first-order valence-electron chi connectivity index (χ1n) is 19.8. The molecule has 0 aliphatic carbocycles. The maximum Gasteiger partial charge on any atom is 1.00 e. The van der Waals surface area contributed by atoms with Crippen LogP contribution in [-0.2, 0) is 31.8 Å². The number of aromatic carboxylic acids is 1. The monoisotopic (exact) mass is 984 g/mol. The number of hydrogen-bond donors (Lipinski definition) is 1. The molecular formula is C42H45Cl2KN13O9-. The molecule has 0 amide bonds. The van der Waals surface area contributed by atoms with E-state index in [0.717, 1.165) is 0 Å². The summed E-state index contributed by atoms with van der Waals surface area (Å²) in [7, 11) is 0. The Morgan fingerprint density at radius 3 is 1.90 bits per heavy atom. The van der Waals surface area contributed by atoms with Crippen LogP contribution in [0, 0.1) is 17.2 Å². The largest absolute Gasteiger partial charge is 1.00 e. The fraction of sp³-hybridized carbons (Fsp3) is 0.333. The number of rotatable bonds is 6. The number of carbonyl (C=O) groups excluding carboxylic acids is 3. The molecule has 348 valence electrons. The van der Waals surface area contributed by atoms with Gasteiger partial charge in [0, 0.05) is 16.5 Å². The minimum absolute atomic E-state index is 0. The molecule has 2 aromatic carbocycles. The van der Waals surface area contributed by atoms with Gasteiger partial charge in [0.15, 0.2) is 17.1 Å². The van der Waals surface area contributed by atoms with E-state index in [9.17, 15) is 24.3 Å². The Labute approximate surface area is 437 Å². The van der Waals surface area contributed by atoms with Crippen LogP contribution in [0.1, 0.15) is 110 Å². The number of esters is 3. The Bertz CT molecular complexity index is 2770. The van der Waals surface area contributed by atoms with Gasteiger partial charge in [-0.25, -0.2) is 43.4 Å². The number of carboxylic acid groups (broad SMARTS) is 1. The van der Waals surface area contributed by atoms with Gasteiger partial charge in [-0.15, -0.1) is 10.2 Å². The minimum Gasteiger partial charge on any atom is -0.870 e. The maximum absolute atomic E-state index is 12.2. The van der Waals surface area contributed by atoms with E-state index < -0.39 is 29.5 Å². The van der Waals surface area contributed by atoms with Gasteiger partial charge >= 0.3 is 75.3 Å². The van der Waals surface area contributed by atoms with Crippen molar-refractivity contribution >= 4 is 58.6 Å². The van der Waals surface area contributed by atoms with Crippen LogP contribution in [-0.4, -0.2) is 113 Å². The van der Waals surface area contributed by atoms with Gasteiger partial charge in [0.05, 0.1) is 65.5 Å². The number of nitriles is 1. The number of nitrogens with zero attached hydrogens (tertiary/aromatic N) is 13. The van der Waals surface area contributed by atoms with E-state index in [1.807, 2.05) is 0 Å². The van der Waals surface area contributed by atoms with E-state index in [1.54, 1.807) is 86.3 Å². The molecule has 0 atom stereocenters. The van der Waals surface area contributed by atoms with Crippen molar-refractivity contribution in [2.45, 2.75) is 80.3 Å². The van der Waals surface area contributed by atoms with Crippen molar-refractivity contribution in [1.82, 2.24) is 54.3 Å². The van der Waals surface area contributed by atoms with Crippen molar-refractivity contribution in [2.24, 2.45) is 4.99 Å². The second kappa shape index (κ2) is 24.9. The van der Waals surface area contributed by atoms with Gasteiger partial charge in [0.2, 0.25) is 0 Å². The van der Waals surface area contributed by atoms with Crippen molar-refractivity contribution < 1.29 is 95.4 Å². The van der Waals surface area contributed by atoms with E-state index in [1.165, 1.54) is 34.3 Å². The number of halogens is 2. The summed E-state index contributed by atoms with van der Waals surface area (Å²) < 4.78 is 21.1. The molecule has 0 radical (unpaired) electrons. The first kappa shape index (κ1) is 55.6. The Hall–Kier alpha value is -5.71. The number of ether oxygens (including phenoxy) is 3. The molecule has 0 saturated heterocycles. The number of aliphatic imine (C=N–C) groups is 1. The van der Waals surface area contributed by atoms with E-state index in [2.05, 4.69) is 61.5 Å². The topological polar surface area (TPSA) is 292 Å². The van der Waals surface area contributed by atoms with Crippen LogP contribution in [0.25, 0.3) is 17.1 Å². The summed E-state index contributed by atoms with van der Waals surface area (Å²) in [6, 6.07) is 12.0. The molecule has 2 aliphatic heterocycles. The molecule has 25 heteroatoms. The molecule has 0 saturated carbocycles. The molecule has 4 aromatic heterocycles. The van der Waals surface area contributed by atoms with Gasteiger partial charge < -0.3 is 30.7 Å². The van der Waals surface area contributed by atoms with Crippen LogP contribution in [0.3, 0.4) is 0 Å². The fourth-order valence-corrected chi connectivity index (χ4v) is 6.32. The zero-order valence-electron chi connectivity index (χ0n) is 38.1. The van der Waals surface area contributed by atoms with Crippen molar-refractivity contribution in [3.8, 4) is 23.1 Å². The molecule has 2 N–H and O–H groups in total. The third-order valence-electron chi connectivity index (χ3n) is 8.36. The zero-order chi connectivity index (χ0) is 47.6. The van der Waals surface area contributed by atoms with Gasteiger partial charge in [-0.2, -0.15) is 31.1 Å². The molecule has 8 rings (SSSR count). The number of fused-ring (bicyclic) bond motifs is 8. The van der Waals surface area contributed by atoms with Crippen molar-refractivity contribution in [1.29, 1.82) is 5.26 Å². The van der Waals surface area contributed by atoms with Gasteiger partial charge in [-0.1, -0.05) is 33.6 Å². The first-order valence-corrected chi connectivity index (χ1v) is 20.5. The van der Waals surface area contributed by atoms with Crippen LogP contribution in [0.5, 0.6) is 0 Å². The summed E-state index contributed by atoms with van der Waals surface area (Å²) in [6.07, 6.45) is 4.58. The summed E-state index contributed by atoms with van der Waals surface area (Å²) in [5.41, 5.74) is 3.41. The molecule has 0 fully saturated rings. The van der Waals surface area contributed by atoms with E-state index in [0.29, 0.717) is 55.7 Å². The summed E-state index contributed by atoms with van der Waals surface area (Å²) in [4.78, 5) is 59.2. The number of benzene rings is 2. The molecule has 2 aliphatic rings. The zero-order valence-corrected chi connectivity index (χ0v) is 42.7. The minimum atomic E-state index is -1.16. The summed E-state index contributed by atoms with van der Waals surface area (Å²) in [5.74, 6) is -0.787. The molecule has 22 nitrogen and oxygen atoms in total. The molecule has 0 spiro atoms. The summed E-state index contributed by atoms with van der Waals surface area (Å²) >= 11 is 12.2. The van der Waals surface area contributed by atoms with Crippen LogP contribution in [0.15, 0.2) is 60.4 Å². The number of imidazole rings is 1. The first-order chi connectivity index (χ1) is 30.9. The normalized spacial score (nSPS) is 11.5. The van der Waals surface area contributed by atoms with E-state index in [4.69, 9.17) is 42.7 Å². The molecule has 6 aromatic rings. The van der Waals surface area contributed by atoms with Gasteiger partial charge in [0.25, 0.3) is 0 Å². The van der Waals surface area contributed by atoms with Gasteiger partial charge in [0.1, 0.15) is 36.8 Å². The summed E-state index contributed by atoms with van der Waals surface area (Å²) in [6.45, 7) is 15.4. The summed E-state index contributed by atoms with van der Waals surface area (Å²) in [5, 5.41) is 38.7. The fourth-order valence-electron chi connectivity index (χ4n) is 5.99. The van der Waals surface area contributed by atoms with Gasteiger partial charge in [-0.05, 0) is 71.0 Å². The number of hydrogen-bond acceptors (Lipinski definition) is 17. The van der Waals surface area contributed by atoms with Gasteiger partial charge in [-0.3, -0.25) is 9.36 Å². The average molecular weight is 986 g/mol. The van der Waals surface area contributed by atoms with Crippen molar-refractivity contribution in [3.63, 3.8) is 0 Å². The molecule has 0 bridgehead atoms. The SMILES string of the molecule is CC(C)(C)OC(=O)CC#N.CCOC(=O)c1nnn2c1CC(n1cncn1)=Nc1ccc(Cl)cc1-2.CCOC(=O)c1nnn2c1Cc1c(C(=O)O)ncn1-c1ccc(Cl)cc1-2.C[C-](C)C.[K+].[OH-]. The standard InChI is InChI=1S/C16H12ClN5O4.C15H12ClN7O2.C7H11NO2.C4H9.K.H2O/c1-2-26-16(25)14-12-6-11-13(15(23)24)18-7-21(11)9-4-3-8(17)5-10(9)22(12)20-19-14;1-2-25-15(24)14-12-6-13(22-8-17-7-18-22)19-10-4-3-9(16)5-11(10)23(12)21-20-14;1-7(2,3)10-6(9)4-5-8;1-4(2)3;;/h3-5,7H,2,6H2,1H3,(H,23,24);3-5,7-8H,2,6H2,1H3;4H2,1-3H3;1-3H3;;1H2/q;;;-1;+1;/p-1. The predicted molar refractivity (Wildman–Crippen MR) is 236 cm³/mol. The van der Waals surface area contributed by atoms with Crippen LogP contribution >= 0.6 is 23.2 Å². The Morgan fingerprint density at radius 2 is 1.37 bits per heavy atom. The third-order valence-corrected chi connectivity index (χ3v) is 8.83. The van der Waals surface area contributed by atoms with Crippen LogP contribution in [0.4, 0.5) is 5.69 Å². The maximum atomic E-state index is 12.2. The second-order valence-corrected chi connectivity index (χ2v) is 16.0. The molecule has 0 unspecified atom stereocenters. The van der Waals surface area contributed by atoms with Crippen molar-refractivity contribution in [2.75, 3.05) is 13.2 Å². The average Bonchev–Trinajstić information content (AvgIpc) is 4.04.